The number of nitrogens with one attached hydrogen (secondary N) is 2. The van der Waals surface area contributed by atoms with E-state index in [1.54, 1.807) is 31.8 Å². The van der Waals surface area contributed by atoms with Crippen LogP contribution in [0.1, 0.15) is 19.4 Å². The molecule has 0 spiro atoms. The summed E-state index contributed by atoms with van der Waals surface area (Å²) < 4.78 is 40.7. The standard InChI is InChI=1S/C13H21FN2O2S2/c1-4-19-9-10(2)16-20(17,18)13-6-5-11(8-15-3)7-12(13)14/h5-7,10,15-16H,4,8-9H2,1-3H3. The van der Waals surface area contributed by atoms with Crippen molar-refractivity contribution in [2.75, 3.05) is 18.6 Å². The predicted octanol–water partition coefficient (Wildman–Crippen LogP) is 1.97. The number of halogens is 1. The molecule has 0 heterocycles. The minimum atomic E-state index is -3.81. The first-order valence-corrected chi connectivity index (χ1v) is 9.07. The fourth-order valence-corrected chi connectivity index (χ4v) is 3.81. The molecular weight excluding hydrogens is 299 g/mol. The molecule has 1 unspecified atom stereocenters. The Morgan fingerprint density at radius 1 is 1.40 bits per heavy atom. The molecule has 0 saturated carbocycles. The first-order chi connectivity index (χ1) is 9.40. The molecule has 20 heavy (non-hydrogen) atoms. The van der Waals surface area contributed by atoms with Gasteiger partial charge in [-0.1, -0.05) is 13.0 Å². The fourth-order valence-electron chi connectivity index (χ4n) is 1.73. The minimum Gasteiger partial charge on any atom is -0.316 e. The van der Waals surface area contributed by atoms with Crippen molar-refractivity contribution < 1.29 is 12.8 Å². The number of hydrogen-bond donors (Lipinski definition) is 2. The first-order valence-electron chi connectivity index (χ1n) is 6.43. The summed E-state index contributed by atoms with van der Waals surface area (Å²) in [6.45, 7) is 4.27. The maximum Gasteiger partial charge on any atom is 0.243 e. The third-order valence-corrected chi connectivity index (χ3v) is 5.36. The molecule has 0 fully saturated rings. The quantitative estimate of drug-likeness (QED) is 0.769. The van der Waals surface area contributed by atoms with Gasteiger partial charge in [0.25, 0.3) is 0 Å². The molecule has 0 saturated heterocycles. The van der Waals surface area contributed by atoms with Crippen LogP contribution in [-0.4, -0.2) is 33.0 Å². The molecule has 4 nitrogen and oxygen atoms in total. The average molecular weight is 320 g/mol. The fraction of sp³-hybridized carbons (Fsp3) is 0.538. The van der Waals surface area contributed by atoms with Gasteiger partial charge in [-0.25, -0.2) is 17.5 Å². The SMILES string of the molecule is CCSCC(C)NS(=O)(=O)c1ccc(CNC)cc1F. The zero-order valence-corrected chi connectivity index (χ0v) is 13.6. The van der Waals surface area contributed by atoms with Crippen molar-refractivity contribution in [2.45, 2.75) is 31.3 Å². The van der Waals surface area contributed by atoms with Crippen LogP contribution in [-0.2, 0) is 16.6 Å². The molecule has 0 aliphatic carbocycles. The number of thioether (sulfide) groups is 1. The Hall–Kier alpha value is -0.630. The van der Waals surface area contributed by atoms with Gasteiger partial charge in [0, 0.05) is 18.3 Å². The molecule has 0 radical (unpaired) electrons. The number of benzene rings is 1. The van der Waals surface area contributed by atoms with Crippen LogP contribution in [0.25, 0.3) is 0 Å². The molecule has 1 aromatic rings. The Labute approximate surface area is 124 Å². The van der Waals surface area contributed by atoms with E-state index in [2.05, 4.69) is 10.0 Å². The summed E-state index contributed by atoms with van der Waals surface area (Å²) in [6.07, 6.45) is 0. The van der Waals surface area contributed by atoms with Gasteiger partial charge in [-0.3, -0.25) is 0 Å². The van der Waals surface area contributed by atoms with Crippen molar-refractivity contribution in [3.63, 3.8) is 0 Å². The smallest absolute Gasteiger partial charge is 0.243 e. The predicted molar refractivity (Wildman–Crippen MR) is 81.9 cm³/mol. The molecule has 1 rings (SSSR count). The normalized spacial score (nSPS) is 13.4. The Kier molecular flexibility index (Phi) is 6.94. The molecule has 0 bridgehead atoms. The molecule has 1 aromatic carbocycles. The zero-order valence-electron chi connectivity index (χ0n) is 11.9. The third-order valence-electron chi connectivity index (χ3n) is 2.60. The highest BCUT2D eigenvalue weighted by atomic mass is 32.2. The molecule has 0 aliphatic heterocycles. The lowest BCUT2D eigenvalue weighted by Crippen LogP contribution is -2.34. The van der Waals surface area contributed by atoms with E-state index in [1.807, 2.05) is 6.92 Å². The number of hydrogen-bond acceptors (Lipinski definition) is 4. The number of sulfonamides is 1. The Balaban J connectivity index is 2.87. The van der Waals surface area contributed by atoms with E-state index in [-0.39, 0.29) is 10.9 Å². The van der Waals surface area contributed by atoms with Crippen molar-refractivity contribution in [2.24, 2.45) is 0 Å². The summed E-state index contributed by atoms with van der Waals surface area (Å²) in [5.41, 5.74) is 0.707. The van der Waals surface area contributed by atoms with Crippen molar-refractivity contribution in [3.05, 3.63) is 29.6 Å². The highest BCUT2D eigenvalue weighted by Gasteiger charge is 2.21. The second-order valence-corrected chi connectivity index (χ2v) is 7.48. The van der Waals surface area contributed by atoms with Gasteiger partial charge >= 0.3 is 0 Å². The van der Waals surface area contributed by atoms with Crippen LogP contribution in [0.5, 0.6) is 0 Å². The van der Waals surface area contributed by atoms with E-state index in [9.17, 15) is 12.8 Å². The molecule has 1 atom stereocenters. The lowest BCUT2D eigenvalue weighted by atomic mass is 10.2. The molecule has 7 heteroatoms. The number of rotatable bonds is 8. The lowest BCUT2D eigenvalue weighted by molar-refractivity contribution is 0.548. The Morgan fingerprint density at radius 2 is 2.10 bits per heavy atom. The van der Waals surface area contributed by atoms with Gasteiger partial charge in [-0.2, -0.15) is 11.8 Å². The van der Waals surface area contributed by atoms with Crippen LogP contribution in [0, 0.1) is 5.82 Å². The van der Waals surface area contributed by atoms with Crippen molar-refractivity contribution in [3.8, 4) is 0 Å². The van der Waals surface area contributed by atoms with Gasteiger partial charge in [0.05, 0.1) is 0 Å². The van der Waals surface area contributed by atoms with E-state index < -0.39 is 15.8 Å². The lowest BCUT2D eigenvalue weighted by Gasteiger charge is -2.14. The van der Waals surface area contributed by atoms with Gasteiger partial charge in [-0.15, -0.1) is 0 Å². The summed E-state index contributed by atoms with van der Waals surface area (Å²) in [4.78, 5) is -0.300. The van der Waals surface area contributed by atoms with Crippen LogP contribution in [0.15, 0.2) is 23.1 Å². The minimum absolute atomic E-state index is 0.235. The summed E-state index contributed by atoms with van der Waals surface area (Å²) in [6, 6.07) is 3.93. The van der Waals surface area contributed by atoms with Crippen LogP contribution in [0.3, 0.4) is 0 Å². The van der Waals surface area contributed by atoms with Crippen LogP contribution in [0.2, 0.25) is 0 Å². The third kappa shape index (κ3) is 5.05. The molecule has 114 valence electrons. The van der Waals surface area contributed by atoms with E-state index in [0.29, 0.717) is 17.9 Å². The van der Waals surface area contributed by atoms with Gasteiger partial charge in [0.1, 0.15) is 10.7 Å². The summed E-state index contributed by atoms with van der Waals surface area (Å²) in [7, 11) is -2.06. The maximum absolute atomic E-state index is 13.9. The van der Waals surface area contributed by atoms with Crippen molar-refractivity contribution >= 4 is 21.8 Å². The first kappa shape index (κ1) is 17.4. The Morgan fingerprint density at radius 3 is 2.65 bits per heavy atom. The average Bonchev–Trinajstić information content (AvgIpc) is 2.36. The van der Waals surface area contributed by atoms with E-state index >= 15 is 0 Å². The summed E-state index contributed by atoms with van der Waals surface area (Å²) >= 11 is 1.64. The topological polar surface area (TPSA) is 58.2 Å². The van der Waals surface area contributed by atoms with Crippen molar-refractivity contribution in [1.29, 1.82) is 0 Å². The van der Waals surface area contributed by atoms with Gasteiger partial charge in [0.2, 0.25) is 10.0 Å². The largest absolute Gasteiger partial charge is 0.316 e. The second kappa shape index (κ2) is 7.97. The molecule has 0 aliphatic rings. The summed E-state index contributed by atoms with van der Waals surface area (Å²) in [5.74, 6) is 0.856. The maximum atomic E-state index is 13.9. The Bertz CT molecular complexity index is 535. The van der Waals surface area contributed by atoms with Crippen LogP contribution >= 0.6 is 11.8 Å². The van der Waals surface area contributed by atoms with Gasteiger partial charge in [-0.05, 0) is 37.4 Å². The van der Waals surface area contributed by atoms with Crippen LogP contribution in [0.4, 0.5) is 4.39 Å². The van der Waals surface area contributed by atoms with Gasteiger partial charge < -0.3 is 5.32 Å². The van der Waals surface area contributed by atoms with Gasteiger partial charge in [0.15, 0.2) is 0 Å². The molecule has 0 aromatic heterocycles. The molecule has 0 amide bonds. The van der Waals surface area contributed by atoms with E-state index in [1.165, 1.54) is 12.1 Å². The molecular formula is C13H21FN2O2S2. The second-order valence-electron chi connectivity index (χ2n) is 4.48. The van der Waals surface area contributed by atoms with E-state index in [0.717, 1.165) is 5.75 Å². The van der Waals surface area contributed by atoms with Crippen LogP contribution < -0.4 is 10.0 Å². The monoisotopic (exact) mass is 320 g/mol. The summed E-state index contributed by atoms with van der Waals surface area (Å²) in [5, 5.41) is 2.89. The highest BCUT2D eigenvalue weighted by molar-refractivity contribution is 7.99. The highest BCUT2D eigenvalue weighted by Crippen LogP contribution is 2.17. The molecule has 2 N–H and O–H groups in total. The van der Waals surface area contributed by atoms with E-state index in [4.69, 9.17) is 0 Å². The zero-order chi connectivity index (χ0) is 15.2. The van der Waals surface area contributed by atoms with Crippen molar-refractivity contribution in [1.82, 2.24) is 10.0 Å².